The van der Waals surface area contributed by atoms with E-state index >= 15 is 0 Å². The predicted octanol–water partition coefficient (Wildman–Crippen LogP) is 0.623. The van der Waals surface area contributed by atoms with Crippen molar-refractivity contribution in [2.45, 2.75) is 12.5 Å². The molecule has 0 spiro atoms. The van der Waals surface area contributed by atoms with Gasteiger partial charge in [-0.15, -0.1) is 0 Å². The normalized spacial score (nSPS) is 17.3. The van der Waals surface area contributed by atoms with Crippen molar-refractivity contribution in [3.05, 3.63) is 52.3 Å². The first-order valence-electron chi connectivity index (χ1n) is 7.12. The molecule has 1 unspecified atom stereocenters. The van der Waals surface area contributed by atoms with Crippen LogP contribution in [0.3, 0.4) is 0 Å². The molecule has 3 N–H and O–H groups in total. The van der Waals surface area contributed by atoms with Crippen molar-refractivity contribution < 1.29 is 14.3 Å². The number of hydrogen-bond donors (Lipinski definition) is 3. The largest absolute Gasteiger partial charge is 0.505 e. The number of phenolic OH excluding ortho intramolecular Hbond substituents is 1. The van der Waals surface area contributed by atoms with Crippen LogP contribution in [0.15, 0.2) is 35.4 Å². The first-order chi connectivity index (χ1) is 11.0. The molecule has 8 heteroatoms. The minimum Gasteiger partial charge on any atom is -0.505 e. The molecule has 0 aliphatic carbocycles. The van der Waals surface area contributed by atoms with E-state index in [1.165, 1.54) is 30.6 Å². The van der Waals surface area contributed by atoms with Crippen molar-refractivity contribution in [3.63, 3.8) is 0 Å². The summed E-state index contributed by atoms with van der Waals surface area (Å²) < 4.78 is 13.7. The van der Waals surface area contributed by atoms with Gasteiger partial charge in [0.15, 0.2) is 11.6 Å². The van der Waals surface area contributed by atoms with Gasteiger partial charge in [0, 0.05) is 25.2 Å². The maximum absolute atomic E-state index is 13.7. The number of hydrogen-bond acceptors (Lipinski definition) is 5. The summed E-state index contributed by atoms with van der Waals surface area (Å²) in [7, 11) is 0. The van der Waals surface area contributed by atoms with Crippen molar-refractivity contribution >= 4 is 11.7 Å². The van der Waals surface area contributed by atoms with Gasteiger partial charge < -0.3 is 20.3 Å². The van der Waals surface area contributed by atoms with Gasteiger partial charge in [0.25, 0.3) is 11.5 Å². The minimum absolute atomic E-state index is 0.190. The number of halogens is 1. The zero-order valence-electron chi connectivity index (χ0n) is 12.1. The van der Waals surface area contributed by atoms with Crippen LogP contribution in [0.2, 0.25) is 0 Å². The van der Waals surface area contributed by atoms with Crippen LogP contribution >= 0.6 is 0 Å². The summed E-state index contributed by atoms with van der Waals surface area (Å²) in [4.78, 5) is 31.8. The zero-order valence-corrected chi connectivity index (χ0v) is 12.1. The number of H-pyrrole nitrogens is 1. The van der Waals surface area contributed by atoms with E-state index in [0.717, 1.165) is 0 Å². The summed E-state index contributed by atoms with van der Waals surface area (Å²) in [5.74, 6) is -1.53. The Morgan fingerprint density at radius 3 is 3.09 bits per heavy atom. The van der Waals surface area contributed by atoms with E-state index in [4.69, 9.17) is 0 Å². The summed E-state index contributed by atoms with van der Waals surface area (Å²) in [6.45, 7) is 1.10. The van der Waals surface area contributed by atoms with Crippen LogP contribution in [-0.2, 0) is 0 Å². The van der Waals surface area contributed by atoms with Crippen molar-refractivity contribution in [1.82, 2.24) is 15.3 Å². The molecule has 1 amide bonds. The van der Waals surface area contributed by atoms with Crippen LogP contribution in [0.4, 0.5) is 10.2 Å². The van der Waals surface area contributed by atoms with Crippen LogP contribution in [0.1, 0.15) is 16.8 Å². The number of aromatic nitrogens is 2. The van der Waals surface area contributed by atoms with Gasteiger partial charge in [-0.05, 0) is 18.6 Å². The standard InChI is InChI=1S/C15H15FN4O3/c16-14-10(2-1-3-11(14)21)15(23)19-9-4-5-20(7-9)12-6-13(22)18-8-17-12/h1-3,6,8-9,21H,4-5,7H2,(H,19,23)(H,17,18,22). The molecular formula is C15H15FN4O3. The summed E-state index contributed by atoms with van der Waals surface area (Å²) >= 11 is 0. The number of anilines is 1. The third-order valence-corrected chi connectivity index (χ3v) is 3.73. The van der Waals surface area contributed by atoms with E-state index in [2.05, 4.69) is 15.3 Å². The molecule has 1 fully saturated rings. The molecule has 2 heterocycles. The number of carbonyl (C=O) groups is 1. The quantitative estimate of drug-likeness (QED) is 0.771. The number of rotatable bonds is 3. The van der Waals surface area contributed by atoms with Gasteiger partial charge in [-0.3, -0.25) is 9.59 Å². The van der Waals surface area contributed by atoms with E-state index < -0.39 is 17.5 Å². The molecule has 2 aromatic rings. The van der Waals surface area contributed by atoms with E-state index in [1.807, 2.05) is 4.90 Å². The number of carbonyl (C=O) groups excluding carboxylic acids is 1. The van der Waals surface area contributed by atoms with E-state index in [-0.39, 0.29) is 17.2 Å². The summed E-state index contributed by atoms with van der Waals surface area (Å²) in [6.07, 6.45) is 1.98. The van der Waals surface area contributed by atoms with E-state index in [0.29, 0.717) is 25.3 Å². The molecule has 23 heavy (non-hydrogen) atoms. The fourth-order valence-corrected chi connectivity index (χ4v) is 2.58. The summed E-state index contributed by atoms with van der Waals surface area (Å²) in [5.41, 5.74) is -0.443. The number of benzene rings is 1. The van der Waals surface area contributed by atoms with Gasteiger partial charge in [0.1, 0.15) is 5.82 Å². The van der Waals surface area contributed by atoms with Gasteiger partial charge in [-0.25, -0.2) is 9.37 Å². The predicted molar refractivity (Wildman–Crippen MR) is 81.0 cm³/mol. The average molecular weight is 318 g/mol. The Morgan fingerprint density at radius 2 is 2.30 bits per heavy atom. The molecule has 7 nitrogen and oxygen atoms in total. The topological polar surface area (TPSA) is 98.3 Å². The van der Waals surface area contributed by atoms with Crippen molar-refractivity contribution in [2.24, 2.45) is 0 Å². The number of phenols is 1. The van der Waals surface area contributed by atoms with Crippen LogP contribution in [0.25, 0.3) is 0 Å². The highest BCUT2D eigenvalue weighted by Crippen LogP contribution is 2.20. The third kappa shape index (κ3) is 3.15. The molecule has 1 saturated heterocycles. The monoisotopic (exact) mass is 318 g/mol. The van der Waals surface area contributed by atoms with Crippen molar-refractivity contribution in [2.75, 3.05) is 18.0 Å². The second kappa shape index (κ2) is 6.07. The Morgan fingerprint density at radius 1 is 1.48 bits per heavy atom. The highest BCUT2D eigenvalue weighted by Gasteiger charge is 2.26. The number of aromatic hydroxyl groups is 1. The Bertz CT molecular complexity index is 792. The summed E-state index contributed by atoms with van der Waals surface area (Å²) in [6, 6.07) is 5.11. The minimum atomic E-state index is -0.934. The Kier molecular flexibility index (Phi) is 3.96. The van der Waals surface area contributed by atoms with Gasteiger partial charge >= 0.3 is 0 Å². The smallest absolute Gasteiger partial charge is 0.254 e. The molecule has 1 atom stereocenters. The lowest BCUT2D eigenvalue weighted by Gasteiger charge is -2.17. The number of nitrogens with zero attached hydrogens (tertiary/aromatic N) is 2. The molecular weight excluding hydrogens is 303 g/mol. The highest BCUT2D eigenvalue weighted by atomic mass is 19.1. The maximum atomic E-state index is 13.7. The number of amides is 1. The molecule has 0 radical (unpaired) electrons. The Labute approximate surface area is 130 Å². The Hall–Kier alpha value is -2.90. The molecule has 1 aliphatic heterocycles. The van der Waals surface area contributed by atoms with Gasteiger partial charge in [0.2, 0.25) is 0 Å². The molecule has 0 saturated carbocycles. The van der Waals surface area contributed by atoms with Gasteiger partial charge in [-0.1, -0.05) is 6.07 Å². The second-order valence-corrected chi connectivity index (χ2v) is 5.31. The van der Waals surface area contributed by atoms with Crippen LogP contribution in [-0.4, -0.2) is 40.1 Å². The highest BCUT2D eigenvalue weighted by molar-refractivity contribution is 5.95. The van der Waals surface area contributed by atoms with Crippen LogP contribution in [0, 0.1) is 5.82 Å². The Balaban J connectivity index is 1.67. The summed E-state index contributed by atoms with van der Waals surface area (Å²) in [5, 5.41) is 12.1. The van der Waals surface area contributed by atoms with E-state index in [1.54, 1.807) is 0 Å². The lowest BCUT2D eigenvalue weighted by molar-refractivity contribution is 0.0935. The molecule has 0 bridgehead atoms. The first-order valence-corrected chi connectivity index (χ1v) is 7.12. The van der Waals surface area contributed by atoms with Gasteiger partial charge in [-0.2, -0.15) is 0 Å². The number of nitrogens with one attached hydrogen (secondary N) is 2. The lowest BCUT2D eigenvalue weighted by Crippen LogP contribution is -2.37. The molecule has 1 aromatic heterocycles. The maximum Gasteiger partial charge on any atom is 0.254 e. The van der Waals surface area contributed by atoms with Crippen molar-refractivity contribution in [3.8, 4) is 5.75 Å². The fourth-order valence-electron chi connectivity index (χ4n) is 2.58. The van der Waals surface area contributed by atoms with Crippen molar-refractivity contribution in [1.29, 1.82) is 0 Å². The van der Waals surface area contributed by atoms with Gasteiger partial charge in [0.05, 0.1) is 11.9 Å². The molecule has 1 aromatic carbocycles. The molecule has 1 aliphatic rings. The molecule has 120 valence electrons. The first kappa shape index (κ1) is 15.0. The van der Waals surface area contributed by atoms with Crippen LogP contribution in [0.5, 0.6) is 5.75 Å². The fraction of sp³-hybridized carbons (Fsp3) is 0.267. The SMILES string of the molecule is O=C(NC1CCN(c2cc(=O)[nH]cn2)C1)c1cccc(O)c1F. The van der Waals surface area contributed by atoms with E-state index in [9.17, 15) is 19.1 Å². The zero-order chi connectivity index (χ0) is 16.4. The lowest BCUT2D eigenvalue weighted by atomic mass is 10.1. The third-order valence-electron chi connectivity index (χ3n) is 3.73. The second-order valence-electron chi connectivity index (χ2n) is 5.31. The number of aromatic amines is 1. The van der Waals surface area contributed by atoms with Crippen LogP contribution < -0.4 is 15.8 Å². The molecule has 3 rings (SSSR count). The average Bonchev–Trinajstić information content (AvgIpc) is 2.98.